The van der Waals surface area contributed by atoms with Gasteiger partial charge < -0.3 is 10.6 Å². The van der Waals surface area contributed by atoms with Gasteiger partial charge in [0.15, 0.2) is 0 Å². The summed E-state index contributed by atoms with van der Waals surface area (Å²) in [6, 6.07) is 5.76. The second-order valence-corrected chi connectivity index (χ2v) is 4.96. The van der Waals surface area contributed by atoms with Gasteiger partial charge in [0.1, 0.15) is 0 Å². The molecule has 4 heteroatoms. The lowest BCUT2D eigenvalue weighted by Crippen LogP contribution is -2.38. The first-order valence-electron chi connectivity index (χ1n) is 6.11. The van der Waals surface area contributed by atoms with E-state index in [0.717, 1.165) is 23.1 Å². The number of nitrogens with two attached hydrogens (primary N) is 1. The van der Waals surface area contributed by atoms with Crippen LogP contribution < -0.4 is 5.73 Å². The topological polar surface area (TPSA) is 46.3 Å². The molecule has 0 bridgehead atoms. The van der Waals surface area contributed by atoms with Crippen molar-refractivity contribution < 1.29 is 4.79 Å². The molecule has 0 atom stereocenters. The van der Waals surface area contributed by atoms with Gasteiger partial charge in [0, 0.05) is 12.1 Å². The average molecular weight is 264 g/mol. The molecule has 2 N–H and O–H groups in total. The highest BCUT2D eigenvalue weighted by molar-refractivity contribution is 7.80. The first-order valence-corrected chi connectivity index (χ1v) is 6.52. The molecular weight excluding hydrogens is 244 g/mol. The van der Waals surface area contributed by atoms with E-state index in [9.17, 15) is 4.79 Å². The highest BCUT2D eigenvalue weighted by Crippen LogP contribution is 2.15. The van der Waals surface area contributed by atoms with Crippen molar-refractivity contribution in [3.05, 3.63) is 34.9 Å². The van der Waals surface area contributed by atoms with Gasteiger partial charge in [0.25, 0.3) is 5.91 Å². The maximum atomic E-state index is 12.5. The van der Waals surface area contributed by atoms with Gasteiger partial charge >= 0.3 is 0 Å². The van der Waals surface area contributed by atoms with E-state index in [-0.39, 0.29) is 5.91 Å². The third-order valence-corrected chi connectivity index (χ3v) is 3.09. The van der Waals surface area contributed by atoms with E-state index >= 15 is 0 Å². The Labute approximate surface area is 114 Å². The molecule has 0 saturated carbocycles. The Bertz CT molecular complexity index is 457. The van der Waals surface area contributed by atoms with Gasteiger partial charge in [-0.25, -0.2) is 0 Å². The molecule has 0 unspecified atom stereocenters. The Kier molecular flexibility index (Phi) is 5.28. The van der Waals surface area contributed by atoms with Gasteiger partial charge in [-0.3, -0.25) is 4.79 Å². The number of thiocarbonyl (C=S) groups is 1. The van der Waals surface area contributed by atoms with E-state index < -0.39 is 0 Å². The van der Waals surface area contributed by atoms with E-state index in [1.54, 1.807) is 4.90 Å². The van der Waals surface area contributed by atoms with Crippen LogP contribution >= 0.6 is 12.2 Å². The molecule has 18 heavy (non-hydrogen) atoms. The highest BCUT2D eigenvalue weighted by Gasteiger charge is 2.17. The minimum atomic E-state index is 0.00542. The third-order valence-electron chi connectivity index (χ3n) is 2.96. The second-order valence-electron chi connectivity index (χ2n) is 4.44. The standard InChI is InChI=1S/C14H20N2OS/c1-4-8-16(9-13(15)18)14(17)12-7-5-6-10(2)11(12)3/h5-7H,4,8-9H2,1-3H3,(H2,15,18). The Morgan fingerprint density at radius 1 is 1.39 bits per heavy atom. The maximum Gasteiger partial charge on any atom is 0.254 e. The van der Waals surface area contributed by atoms with E-state index in [1.165, 1.54) is 0 Å². The molecule has 0 aliphatic rings. The van der Waals surface area contributed by atoms with Crippen molar-refractivity contribution in [2.45, 2.75) is 27.2 Å². The summed E-state index contributed by atoms with van der Waals surface area (Å²) in [4.78, 5) is 14.5. The number of carbonyl (C=O) groups is 1. The lowest BCUT2D eigenvalue weighted by molar-refractivity contribution is 0.0779. The minimum absolute atomic E-state index is 0.00542. The summed E-state index contributed by atoms with van der Waals surface area (Å²) in [7, 11) is 0. The summed E-state index contributed by atoms with van der Waals surface area (Å²) in [6.07, 6.45) is 0.888. The van der Waals surface area contributed by atoms with E-state index in [0.29, 0.717) is 18.1 Å². The van der Waals surface area contributed by atoms with E-state index in [1.807, 2.05) is 39.0 Å². The fraction of sp³-hybridized carbons (Fsp3) is 0.429. The van der Waals surface area contributed by atoms with Crippen LogP contribution in [0.25, 0.3) is 0 Å². The van der Waals surface area contributed by atoms with Crippen LogP contribution in [0.3, 0.4) is 0 Å². The smallest absolute Gasteiger partial charge is 0.254 e. The van der Waals surface area contributed by atoms with Crippen molar-refractivity contribution in [2.75, 3.05) is 13.1 Å². The van der Waals surface area contributed by atoms with Crippen molar-refractivity contribution in [1.29, 1.82) is 0 Å². The molecule has 1 rings (SSSR count). The zero-order chi connectivity index (χ0) is 13.7. The number of rotatable bonds is 5. The lowest BCUT2D eigenvalue weighted by Gasteiger charge is -2.22. The van der Waals surface area contributed by atoms with Crippen molar-refractivity contribution in [2.24, 2.45) is 5.73 Å². The fourth-order valence-corrected chi connectivity index (χ4v) is 2.02. The molecule has 1 aromatic carbocycles. The lowest BCUT2D eigenvalue weighted by atomic mass is 10.0. The SMILES string of the molecule is CCCN(CC(N)=S)C(=O)c1cccc(C)c1C. The van der Waals surface area contributed by atoms with Crippen molar-refractivity contribution in [3.8, 4) is 0 Å². The minimum Gasteiger partial charge on any atom is -0.392 e. The number of hydrogen-bond donors (Lipinski definition) is 1. The summed E-state index contributed by atoms with van der Waals surface area (Å²) < 4.78 is 0. The summed E-state index contributed by atoms with van der Waals surface area (Å²) in [5.41, 5.74) is 8.42. The van der Waals surface area contributed by atoms with E-state index in [4.69, 9.17) is 18.0 Å². The van der Waals surface area contributed by atoms with E-state index in [2.05, 4.69) is 0 Å². The number of carbonyl (C=O) groups excluding carboxylic acids is 1. The van der Waals surface area contributed by atoms with Crippen LogP contribution in [0.2, 0.25) is 0 Å². The summed E-state index contributed by atoms with van der Waals surface area (Å²) >= 11 is 4.90. The molecule has 1 amide bonds. The molecule has 98 valence electrons. The van der Waals surface area contributed by atoms with Gasteiger partial charge in [0.2, 0.25) is 0 Å². The highest BCUT2D eigenvalue weighted by atomic mass is 32.1. The van der Waals surface area contributed by atoms with Crippen LogP contribution in [-0.2, 0) is 0 Å². The summed E-state index contributed by atoms with van der Waals surface area (Å²) in [5.74, 6) is 0.00542. The first-order chi connectivity index (χ1) is 8.47. The van der Waals surface area contributed by atoms with Crippen molar-refractivity contribution in [1.82, 2.24) is 4.90 Å². The molecule has 0 heterocycles. The normalized spacial score (nSPS) is 10.2. The van der Waals surface area contributed by atoms with Crippen molar-refractivity contribution in [3.63, 3.8) is 0 Å². The molecule has 0 fully saturated rings. The Morgan fingerprint density at radius 3 is 2.61 bits per heavy atom. The third kappa shape index (κ3) is 3.53. The molecule has 0 aliphatic carbocycles. The molecule has 1 aromatic rings. The monoisotopic (exact) mass is 264 g/mol. The van der Waals surface area contributed by atoms with Crippen LogP contribution in [0.1, 0.15) is 34.8 Å². The number of benzene rings is 1. The Balaban J connectivity index is 3.01. The number of nitrogens with zero attached hydrogens (tertiary/aromatic N) is 1. The van der Waals surface area contributed by atoms with Crippen LogP contribution in [0.5, 0.6) is 0 Å². The van der Waals surface area contributed by atoms with Crippen LogP contribution in [0, 0.1) is 13.8 Å². The van der Waals surface area contributed by atoms with Gasteiger partial charge in [-0.2, -0.15) is 0 Å². The zero-order valence-corrected chi connectivity index (χ0v) is 12.0. The predicted molar refractivity (Wildman–Crippen MR) is 78.9 cm³/mol. The molecule has 0 spiro atoms. The molecule has 0 saturated heterocycles. The van der Waals surface area contributed by atoms with Gasteiger partial charge in [-0.05, 0) is 37.5 Å². The van der Waals surface area contributed by atoms with Gasteiger partial charge in [0.05, 0.1) is 11.5 Å². The quantitative estimate of drug-likeness (QED) is 0.831. The second kappa shape index (κ2) is 6.50. The number of aryl methyl sites for hydroxylation is 1. The van der Waals surface area contributed by atoms with Gasteiger partial charge in [-0.15, -0.1) is 0 Å². The predicted octanol–water partition coefficient (Wildman–Crippen LogP) is 2.44. The van der Waals surface area contributed by atoms with Gasteiger partial charge in [-0.1, -0.05) is 31.3 Å². The zero-order valence-electron chi connectivity index (χ0n) is 11.2. The fourth-order valence-electron chi connectivity index (χ4n) is 1.86. The molecular formula is C14H20N2OS. The largest absolute Gasteiger partial charge is 0.392 e. The van der Waals surface area contributed by atoms with Crippen molar-refractivity contribution >= 4 is 23.1 Å². The maximum absolute atomic E-state index is 12.5. The Hall–Kier alpha value is -1.42. The summed E-state index contributed by atoms with van der Waals surface area (Å²) in [5, 5.41) is 0. The first kappa shape index (κ1) is 14.6. The van der Waals surface area contributed by atoms with Crippen LogP contribution in [-0.4, -0.2) is 28.9 Å². The molecule has 0 aromatic heterocycles. The average Bonchev–Trinajstić information content (AvgIpc) is 2.31. The van der Waals surface area contributed by atoms with Crippen LogP contribution in [0.4, 0.5) is 0 Å². The number of amides is 1. The van der Waals surface area contributed by atoms with Crippen LogP contribution in [0.15, 0.2) is 18.2 Å². The molecule has 0 radical (unpaired) electrons. The summed E-state index contributed by atoms with van der Waals surface area (Å²) in [6.45, 7) is 7.01. The Morgan fingerprint density at radius 2 is 2.06 bits per heavy atom. The molecule has 3 nitrogen and oxygen atoms in total. The number of hydrogen-bond acceptors (Lipinski definition) is 2. The molecule has 0 aliphatic heterocycles.